The highest BCUT2D eigenvalue weighted by Gasteiger charge is 2.31. The average Bonchev–Trinajstić information content (AvgIpc) is 3.75. The van der Waals surface area contributed by atoms with Crippen LogP contribution in [0.15, 0.2) is 42.5 Å². The molecule has 0 bridgehead atoms. The summed E-state index contributed by atoms with van der Waals surface area (Å²) in [6.07, 6.45) is 3.61. The number of methoxy groups -OCH3 is 1. The van der Waals surface area contributed by atoms with Crippen molar-refractivity contribution in [3.63, 3.8) is 0 Å². The number of anilines is 1. The second-order valence-electron chi connectivity index (χ2n) is 14.4. The number of ether oxygens (including phenoxy) is 2. The Hall–Kier alpha value is -3.71. The number of nitrogens with zero attached hydrogens (tertiary/aromatic N) is 4. The van der Waals surface area contributed by atoms with Gasteiger partial charge in [-0.3, -0.25) is 14.6 Å². The Morgan fingerprint density at radius 2 is 1.87 bits per heavy atom. The van der Waals surface area contributed by atoms with E-state index in [9.17, 15) is 15.0 Å². The standard InChI is InChI=1S/C40H46Cl2FN5O5/c1-23(21-49)48-16-14-32-31(20-48)44-39(46(32)2)40(51)45-30-11-5-10-28(36(30)41)25-8-4-9-27-26(25)12-13-33(27)53-35-17-34(52-3)29(38(43)37(35)42)19-47-15-6-7-24(18-47)22-50/h4-5,8-11,17,23-24,33,49-50H,6-7,12-16,18-22H2,1-3H3,(H,45,51). The summed E-state index contributed by atoms with van der Waals surface area (Å²) in [5.41, 5.74) is 6.42. The summed E-state index contributed by atoms with van der Waals surface area (Å²) in [6.45, 7) is 5.34. The van der Waals surface area contributed by atoms with Crippen LogP contribution in [0, 0.1) is 11.7 Å². The molecule has 4 aromatic rings. The van der Waals surface area contributed by atoms with Crippen molar-refractivity contribution in [1.29, 1.82) is 0 Å². The van der Waals surface area contributed by atoms with Crippen LogP contribution >= 0.6 is 23.2 Å². The minimum atomic E-state index is -0.561. The molecule has 3 N–H and O–H groups in total. The number of hydrogen-bond donors (Lipinski definition) is 3. The third-order valence-corrected chi connectivity index (χ3v) is 11.9. The molecule has 282 valence electrons. The molecule has 13 heteroatoms. The van der Waals surface area contributed by atoms with Crippen LogP contribution in [0.4, 0.5) is 10.1 Å². The summed E-state index contributed by atoms with van der Waals surface area (Å²) in [5.74, 6) is 0.145. The van der Waals surface area contributed by atoms with Crippen LogP contribution in [-0.2, 0) is 33.0 Å². The number of rotatable bonds is 11. The smallest absolute Gasteiger partial charge is 0.291 e. The Kier molecular flexibility index (Phi) is 11.3. The molecule has 1 aromatic heterocycles. The lowest BCUT2D eigenvalue weighted by Gasteiger charge is -2.32. The van der Waals surface area contributed by atoms with E-state index in [0.717, 1.165) is 66.0 Å². The third-order valence-electron chi connectivity index (χ3n) is 11.1. The maximum absolute atomic E-state index is 15.9. The number of imidazole rings is 1. The molecule has 3 atom stereocenters. The van der Waals surface area contributed by atoms with Crippen molar-refractivity contribution in [3.8, 4) is 22.6 Å². The van der Waals surface area contributed by atoms with Gasteiger partial charge in [0.05, 0.1) is 30.1 Å². The molecule has 3 aliphatic rings. The van der Waals surface area contributed by atoms with Crippen molar-refractivity contribution in [1.82, 2.24) is 19.4 Å². The zero-order valence-corrected chi connectivity index (χ0v) is 31.8. The van der Waals surface area contributed by atoms with Crippen LogP contribution in [-0.4, -0.2) is 81.5 Å². The summed E-state index contributed by atoms with van der Waals surface area (Å²) in [7, 11) is 3.36. The molecule has 7 rings (SSSR count). The molecule has 0 spiro atoms. The van der Waals surface area contributed by atoms with Gasteiger partial charge in [0, 0.05) is 75.2 Å². The number of aliphatic hydroxyl groups excluding tert-OH is 2. The molecular formula is C40H46Cl2FN5O5. The lowest BCUT2D eigenvalue weighted by molar-refractivity contribution is 0.101. The van der Waals surface area contributed by atoms with Crippen molar-refractivity contribution in [2.75, 3.05) is 45.3 Å². The Bertz CT molecular complexity index is 2010. The molecule has 1 saturated heterocycles. The normalized spacial score (nSPS) is 19.5. The first-order valence-corrected chi connectivity index (χ1v) is 19.0. The first-order chi connectivity index (χ1) is 25.6. The molecule has 1 amide bonds. The molecule has 2 aliphatic heterocycles. The van der Waals surface area contributed by atoms with Gasteiger partial charge in [0.15, 0.2) is 11.6 Å². The largest absolute Gasteiger partial charge is 0.496 e. The molecular weight excluding hydrogens is 720 g/mol. The summed E-state index contributed by atoms with van der Waals surface area (Å²) in [5, 5.41) is 22.6. The summed E-state index contributed by atoms with van der Waals surface area (Å²) >= 11 is 13.7. The first kappa shape index (κ1) is 37.6. The van der Waals surface area contributed by atoms with Gasteiger partial charge in [-0.1, -0.05) is 53.5 Å². The number of piperidine rings is 1. The van der Waals surface area contributed by atoms with Crippen LogP contribution in [0.3, 0.4) is 0 Å². The number of aromatic nitrogens is 2. The molecule has 3 heterocycles. The van der Waals surface area contributed by atoms with Crippen LogP contribution in [0.25, 0.3) is 11.1 Å². The summed E-state index contributed by atoms with van der Waals surface area (Å²) in [6, 6.07) is 13.2. The number of hydrogen-bond acceptors (Lipinski definition) is 8. The number of aliphatic hydroxyl groups is 2. The predicted molar refractivity (Wildman–Crippen MR) is 203 cm³/mol. The fourth-order valence-electron chi connectivity index (χ4n) is 8.10. The van der Waals surface area contributed by atoms with E-state index in [4.69, 9.17) is 37.7 Å². The van der Waals surface area contributed by atoms with E-state index in [2.05, 4.69) is 15.1 Å². The number of halogens is 3. The SMILES string of the molecule is COc1cc(OC2CCc3c(-c4cccc(NC(=O)c5nc6c(n5C)CCN(C(C)CO)C6)c4Cl)cccc32)c(Cl)c(F)c1CN1CCCC(CO)C1. The molecule has 3 aromatic carbocycles. The minimum Gasteiger partial charge on any atom is -0.496 e. The summed E-state index contributed by atoms with van der Waals surface area (Å²) in [4.78, 5) is 22.6. The number of fused-ring (bicyclic) bond motifs is 2. The summed E-state index contributed by atoms with van der Waals surface area (Å²) < 4.78 is 29.8. The van der Waals surface area contributed by atoms with Gasteiger partial charge in [0.1, 0.15) is 22.6 Å². The van der Waals surface area contributed by atoms with Crippen molar-refractivity contribution >= 4 is 34.8 Å². The fraction of sp³-hybridized carbons (Fsp3) is 0.450. The van der Waals surface area contributed by atoms with Gasteiger partial charge in [-0.2, -0.15) is 0 Å². The number of carbonyl (C=O) groups excluding carboxylic acids is 1. The maximum Gasteiger partial charge on any atom is 0.291 e. The van der Waals surface area contributed by atoms with Gasteiger partial charge >= 0.3 is 0 Å². The molecule has 1 aliphatic carbocycles. The Balaban J connectivity index is 1.10. The quantitative estimate of drug-likeness (QED) is 0.153. The molecule has 1 fully saturated rings. The minimum absolute atomic E-state index is 0.0119. The Morgan fingerprint density at radius 1 is 1.08 bits per heavy atom. The van der Waals surface area contributed by atoms with Gasteiger partial charge in [-0.15, -0.1) is 0 Å². The van der Waals surface area contributed by atoms with Crippen LogP contribution in [0.2, 0.25) is 10.0 Å². The van der Waals surface area contributed by atoms with E-state index >= 15 is 4.39 Å². The highest BCUT2D eigenvalue weighted by molar-refractivity contribution is 6.36. The number of likely N-dealkylation sites (tertiary alicyclic amines) is 1. The fourth-order valence-corrected chi connectivity index (χ4v) is 8.59. The lowest BCUT2D eigenvalue weighted by Crippen LogP contribution is -2.39. The number of amides is 1. The van der Waals surface area contributed by atoms with Crippen LogP contribution < -0.4 is 14.8 Å². The third kappa shape index (κ3) is 7.39. The number of nitrogens with one attached hydrogen (secondary N) is 1. The van der Waals surface area contributed by atoms with Gasteiger partial charge < -0.3 is 29.6 Å². The van der Waals surface area contributed by atoms with Gasteiger partial charge in [0.25, 0.3) is 5.91 Å². The molecule has 0 radical (unpaired) electrons. The monoisotopic (exact) mass is 765 g/mol. The van der Waals surface area contributed by atoms with E-state index in [1.54, 1.807) is 12.1 Å². The lowest BCUT2D eigenvalue weighted by atomic mass is 9.96. The van der Waals surface area contributed by atoms with E-state index in [1.165, 1.54) is 7.11 Å². The van der Waals surface area contributed by atoms with Gasteiger partial charge in [0.2, 0.25) is 0 Å². The average molecular weight is 767 g/mol. The maximum atomic E-state index is 15.9. The first-order valence-electron chi connectivity index (χ1n) is 18.3. The van der Waals surface area contributed by atoms with E-state index in [1.807, 2.05) is 48.9 Å². The Morgan fingerprint density at radius 3 is 2.64 bits per heavy atom. The molecule has 3 unspecified atom stereocenters. The highest BCUT2D eigenvalue weighted by Crippen LogP contribution is 2.46. The van der Waals surface area contributed by atoms with Gasteiger partial charge in [-0.25, -0.2) is 9.37 Å². The van der Waals surface area contributed by atoms with Crippen molar-refractivity contribution in [2.24, 2.45) is 13.0 Å². The Labute approximate surface area is 319 Å². The van der Waals surface area contributed by atoms with E-state index in [-0.39, 0.29) is 48.0 Å². The number of carbonyl (C=O) groups is 1. The van der Waals surface area contributed by atoms with E-state index in [0.29, 0.717) is 60.3 Å². The molecule has 10 nitrogen and oxygen atoms in total. The van der Waals surface area contributed by atoms with Crippen LogP contribution in [0.5, 0.6) is 11.5 Å². The number of benzene rings is 3. The second-order valence-corrected chi connectivity index (χ2v) is 15.1. The van der Waals surface area contributed by atoms with Crippen molar-refractivity contribution in [3.05, 3.63) is 92.2 Å². The van der Waals surface area contributed by atoms with E-state index < -0.39 is 5.82 Å². The highest BCUT2D eigenvalue weighted by atomic mass is 35.5. The van der Waals surface area contributed by atoms with Gasteiger partial charge in [-0.05, 0) is 67.8 Å². The van der Waals surface area contributed by atoms with Crippen molar-refractivity contribution in [2.45, 2.75) is 64.3 Å². The molecule has 53 heavy (non-hydrogen) atoms. The van der Waals surface area contributed by atoms with Crippen LogP contribution in [0.1, 0.15) is 71.0 Å². The topological polar surface area (TPSA) is 112 Å². The molecule has 0 saturated carbocycles. The van der Waals surface area contributed by atoms with Crippen molar-refractivity contribution < 1.29 is 28.9 Å². The zero-order valence-electron chi connectivity index (χ0n) is 30.3. The second kappa shape index (κ2) is 15.9. The zero-order chi connectivity index (χ0) is 37.4. The predicted octanol–water partition coefficient (Wildman–Crippen LogP) is 6.80.